The Labute approximate surface area is 189 Å². The summed E-state index contributed by atoms with van der Waals surface area (Å²) in [6, 6.07) is 9.73. The van der Waals surface area contributed by atoms with E-state index < -0.39 is 0 Å². The molecule has 0 aliphatic carbocycles. The summed E-state index contributed by atoms with van der Waals surface area (Å²) in [7, 11) is 1.66. The standard InChI is InChI=1S/C22H26N4O2S.2CH4/c1-15-4-3-5-19-21(15)24-20(25-22(19)27)14-29-18-8-10-26(11-9-18)13-16-6-7-17(28-2)12-23-16;;/h3-7,12,18H,8-11,13-14H2,1-2H3,(H,24,25,27);2*1H4. The maximum absolute atomic E-state index is 12.3. The number of nitrogens with one attached hydrogen (secondary N) is 1. The van der Waals surface area contributed by atoms with Crippen molar-refractivity contribution in [3.8, 4) is 5.75 Å². The van der Waals surface area contributed by atoms with Crippen LogP contribution in [0.25, 0.3) is 10.9 Å². The molecule has 0 amide bonds. The molecule has 7 heteroatoms. The summed E-state index contributed by atoms with van der Waals surface area (Å²) >= 11 is 1.90. The molecular formula is C24H34N4O2S. The van der Waals surface area contributed by atoms with Crippen LogP contribution in [0.15, 0.2) is 41.3 Å². The molecule has 4 rings (SSSR count). The predicted molar refractivity (Wildman–Crippen MR) is 131 cm³/mol. The van der Waals surface area contributed by atoms with Crippen LogP contribution in [0.4, 0.5) is 0 Å². The number of para-hydroxylation sites is 1. The fourth-order valence-electron chi connectivity index (χ4n) is 3.71. The Balaban J connectivity index is 0.00000171. The quantitative estimate of drug-likeness (QED) is 0.591. The number of thioether (sulfide) groups is 1. The molecule has 0 atom stereocenters. The maximum Gasteiger partial charge on any atom is 0.258 e. The summed E-state index contributed by atoms with van der Waals surface area (Å²) in [5.41, 5.74) is 2.88. The lowest BCUT2D eigenvalue weighted by atomic mass is 10.1. The lowest BCUT2D eigenvalue weighted by Crippen LogP contribution is -2.34. The summed E-state index contributed by atoms with van der Waals surface area (Å²) in [6.45, 7) is 5.00. The van der Waals surface area contributed by atoms with Crippen LogP contribution in [-0.2, 0) is 12.3 Å². The van der Waals surface area contributed by atoms with Gasteiger partial charge in [0.15, 0.2) is 0 Å². The fraction of sp³-hybridized carbons (Fsp3) is 0.458. The number of likely N-dealkylation sites (tertiary alicyclic amines) is 1. The van der Waals surface area contributed by atoms with E-state index >= 15 is 0 Å². The Morgan fingerprint density at radius 2 is 1.97 bits per heavy atom. The fourth-order valence-corrected chi connectivity index (χ4v) is 4.78. The SMILES string of the molecule is C.C.COc1ccc(CN2CCC(SCc3nc4c(C)cccc4c(=O)[nH]3)CC2)nc1. The Morgan fingerprint density at radius 1 is 1.19 bits per heavy atom. The molecule has 1 N–H and O–H groups in total. The van der Waals surface area contributed by atoms with Gasteiger partial charge >= 0.3 is 0 Å². The number of ether oxygens (including phenoxy) is 1. The molecule has 0 spiro atoms. The highest BCUT2D eigenvalue weighted by Gasteiger charge is 2.20. The van der Waals surface area contributed by atoms with E-state index in [2.05, 4.69) is 14.9 Å². The number of methoxy groups -OCH3 is 1. The average molecular weight is 443 g/mol. The molecule has 1 aliphatic heterocycles. The minimum atomic E-state index is -0.0453. The van der Waals surface area contributed by atoms with Crippen molar-refractivity contribution in [1.29, 1.82) is 0 Å². The summed E-state index contributed by atoms with van der Waals surface area (Å²) in [5, 5.41) is 1.26. The molecule has 31 heavy (non-hydrogen) atoms. The van der Waals surface area contributed by atoms with E-state index in [1.807, 2.05) is 49.0 Å². The summed E-state index contributed by atoms with van der Waals surface area (Å²) in [4.78, 5) is 26.9. The minimum Gasteiger partial charge on any atom is -0.495 e. The number of H-pyrrole nitrogens is 1. The zero-order chi connectivity index (χ0) is 20.2. The van der Waals surface area contributed by atoms with Crippen molar-refractivity contribution in [2.75, 3.05) is 20.2 Å². The van der Waals surface area contributed by atoms with Gasteiger partial charge in [-0.2, -0.15) is 11.8 Å². The molecule has 0 radical (unpaired) electrons. The molecule has 0 saturated carbocycles. The number of nitrogens with zero attached hydrogens (tertiary/aromatic N) is 3. The molecule has 1 saturated heterocycles. The Morgan fingerprint density at radius 3 is 2.65 bits per heavy atom. The van der Waals surface area contributed by atoms with Gasteiger partial charge in [0.2, 0.25) is 0 Å². The van der Waals surface area contributed by atoms with Crippen molar-refractivity contribution in [2.45, 2.75) is 52.2 Å². The lowest BCUT2D eigenvalue weighted by molar-refractivity contribution is 0.222. The van der Waals surface area contributed by atoms with Gasteiger partial charge in [-0.1, -0.05) is 27.0 Å². The first-order chi connectivity index (χ1) is 14.1. The van der Waals surface area contributed by atoms with E-state index in [0.29, 0.717) is 10.6 Å². The number of pyridine rings is 1. The molecule has 1 aliphatic rings. The van der Waals surface area contributed by atoms with E-state index in [1.165, 1.54) is 0 Å². The van der Waals surface area contributed by atoms with Gasteiger partial charge in [-0.25, -0.2) is 4.98 Å². The van der Waals surface area contributed by atoms with Crippen molar-refractivity contribution >= 4 is 22.7 Å². The van der Waals surface area contributed by atoms with E-state index in [1.54, 1.807) is 13.3 Å². The first-order valence-electron chi connectivity index (χ1n) is 9.94. The third-order valence-electron chi connectivity index (χ3n) is 5.40. The molecule has 3 heterocycles. The van der Waals surface area contributed by atoms with Crippen LogP contribution >= 0.6 is 11.8 Å². The van der Waals surface area contributed by atoms with Gasteiger partial charge < -0.3 is 9.72 Å². The highest BCUT2D eigenvalue weighted by molar-refractivity contribution is 7.99. The summed E-state index contributed by atoms with van der Waals surface area (Å²) in [6.07, 6.45) is 4.05. The van der Waals surface area contributed by atoms with Crippen LogP contribution in [0, 0.1) is 6.92 Å². The number of piperidine rings is 1. The van der Waals surface area contributed by atoms with E-state index in [-0.39, 0.29) is 20.4 Å². The molecular weight excluding hydrogens is 408 g/mol. The van der Waals surface area contributed by atoms with E-state index in [0.717, 1.165) is 66.6 Å². The maximum atomic E-state index is 12.3. The third kappa shape index (κ3) is 6.08. The first-order valence-corrected chi connectivity index (χ1v) is 11.0. The molecule has 0 unspecified atom stereocenters. The number of fused-ring (bicyclic) bond motifs is 1. The van der Waals surface area contributed by atoms with Gasteiger partial charge in [-0.05, 0) is 56.6 Å². The molecule has 6 nitrogen and oxygen atoms in total. The highest BCUT2D eigenvalue weighted by Crippen LogP contribution is 2.26. The number of benzene rings is 1. The van der Waals surface area contributed by atoms with Gasteiger partial charge in [-0.15, -0.1) is 0 Å². The number of aromatic nitrogens is 3. The molecule has 1 aromatic carbocycles. The molecule has 0 bridgehead atoms. The van der Waals surface area contributed by atoms with Gasteiger partial charge in [0.1, 0.15) is 11.6 Å². The van der Waals surface area contributed by atoms with Crippen molar-refractivity contribution in [3.05, 3.63) is 64.0 Å². The molecule has 168 valence electrons. The second-order valence-electron chi connectivity index (χ2n) is 7.46. The lowest BCUT2D eigenvalue weighted by Gasteiger charge is -2.31. The van der Waals surface area contributed by atoms with Crippen LogP contribution in [0.2, 0.25) is 0 Å². The van der Waals surface area contributed by atoms with Crippen LogP contribution in [0.1, 0.15) is 44.8 Å². The van der Waals surface area contributed by atoms with E-state index in [9.17, 15) is 4.79 Å². The topological polar surface area (TPSA) is 71.1 Å². The van der Waals surface area contributed by atoms with Crippen molar-refractivity contribution < 1.29 is 4.74 Å². The average Bonchev–Trinajstić information content (AvgIpc) is 2.75. The van der Waals surface area contributed by atoms with Crippen LogP contribution in [-0.4, -0.2) is 45.3 Å². The van der Waals surface area contributed by atoms with Gasteiger partial charge in [0.05, 0.1) is 35.7 Å². The van der Waals surface area contributed by atoms with E-state index in [4.69, 9.17) is 9.72 Å². The zero-order valence-electron chi connectivity index (χ0n) is 16.9. The Hall–Kier alpha value is -2.38. The van der Waals surface area contributed by atoms with Crippen LogP contribution in [0.5, 0.6) is 5.75 Å². The van der Waals surface area contributed by atoms with Gasteiger partial charge in [-0.3, -0.25) is 14.7 Å². The normalized spacial score (nSPS) is 14.6. The van der Waals surface area contributed by atoms with Crippen LogP contribution in [0.3, 0.4) is 0 Å². The first kappa shape index (κ1) is 24.9. The van der Waals surface area contributed by atoms with Crippen molar-refractivity contribution in [1.82, 2.24) is 19.9 Å². The highest BCUT2D eigenvalue weighted by atomic mass is 32.2. The molecule has 3 aromatic rings. The van der Waals surface area contributed by atoms with Crippen molar-refractivity contribution in [2.24, 2.45) is 0 Å². The second kappa shape index (κ2) is 11.3. The predicted octanol–water partition coefficient (Wildman–Crippen LogP) is 4.81. The van der Waals surface area contributed by atoms with Crippen molar-refractivity contribution in [3.63, 3.8) is 0 Å². The largest absolute Gasteiger partial charge is 0.495 e. The smallest absolute Gasteiger partial charge is 0.258 e. The second-order valence-corrected chi connectivity index (χ2v) is 8.75. The molecule has 1 fully saturated rings. The number of rotatable bonds is 6. The van der Waals surface area contributed by atoms with Crippen LogP contribution < -0.4 is 10.3 Å². The summed E-state index contributed by atoms with van der Waals surface area (Å²) in [5.74, 6) is 2.30. The molecule has 2 aromatic heterocycles. The summed E-state index contributed by atoms with van der Waals surface area (Å²) < 4.78 is 5.17. The number of aryl methyl sites for hydroxylation is 1. The third-order valence-corrected chi connectivity index (χ3v) is 6.78. The number of hydrogen-bond acceptors (Lipinski definition) is 6. The van der Waals surface area contributed by atoms with Gasteiger partial charge in [0, 0.05) is 11.8 Å². The Kier molecular flexibility index (Phi) is 9.07. The minimum absolute atomic E-state index is 0. The Bertz CT molecular complexity index is 1030. The zero-order valence-corrected chi connectivity index (χ0v) is 17.7. The van der Waals surface area contributed by atoms with Gasteiger partial charge in [0.25, 0.3) is 5.56 Å². The number of aromatic amines is 1. The number of hydrogen-bond donors (Lipinski definition) is 1. The monoisotopic (exact) mass is 442 g/mol.